The van der Waals surface area contributed by atoms with Crippen molar-refractivity contribution in [3.05, 3.63) is 28.2 Å². The maximum absolute atomic E-state index is 3.58. The molecule has 0 aliphatic carbocycles. The smallest absolute Gasteiger partial charge is 0.0399 e. The molecule has 0 aromatic heterocycles. The van der Waals surface area contributed by atoms with Crippen molar-refractivity contribution in [1.82, 2.24) is 5.32 Å². The van der Waals surface area contributed by atoms with E-state index < -0.39 is 0 Å². The summed E-state index contributed by atoms with van der Waals surface area (Å²) >= 11 is 3.54. The van der Waals surface area contributed by atoms with Crippen molar-refractivity contribution in [1.29, 1.82) is 0 Å². The highest BCUT2D eigenvalue weighted by Gasteiger charge is 2.25. The lowest BCUT2D eigenvalue weighted by Crippen LogP contribution is -2.47. The lowest BCUT2D eigenvalue weighted by molar-refractivity contribution is 0.374. The lowest BCUT2D eigenvalue weighted by atomic mass is 9.96. The number of benzene rings is 1. The van der Waals surface area contributed by atoms with Crippen molar-refractivity contribution < 1.29 is 0 Å². The number of halogens is 1. The van der Waals surface area contributed by atoms with Gasteiger partial charge in [0.25, 0.3) is 0 Å². The first kappa shape index (κ1) is 13.9. The fraction of sp³-hybridized carbons (Fsp3) is 0.600. The Hall–Kier alpha value is -0.540. The van der Waals surface area contributed by atoms with Crippen molar-refractivity contribution in [3.63, 3.8) is 0 Å². The maximum atomic E-state index is 3.58. The van der Waals surface area contributed by atoms with Crippen LogP contribution in [0.5, 0.6) is 0 Å². The molecule has 2 atom stereocenters. The van der Waals surface area contributed by atoms with Crippen molar-refractivity contribution >= 4 is 21.6 Å². The van der Waals surface area contributed by atoms with Gasteiger partial charge in [-0.05, 0) is 57.0 Å². The average Bonchev–Trinajstić information content (AvgIpc) is 2.31. The van der Waals surface area contributed by atoms with E-state index in [-0.39, 0.29) is 0 Å². The molecule has 1 heterocycles. The molecule has 2 nitrogen and oxygen atoms in total. The Morgan fingerprint density at radius 1 is 1.44 bits per heavy atom. The van der Waals surface area contributed by atoms with E-state index in [0.29, 0.717) is 12.1 Å². The van der Waals surface area contributed by atoms with Gasteiger partial charge in [0.2, 0.25) is 0 Å². The van der Waals surface area contributed by atoms with Gasteiger partial charge in [-0.15, -0.1) is 0 Å². The second-order valence-corrected chi connectivity index (χ2v) is 6.17. The molecule has 1 aromatic carbocycles. The minimum atomic E-state index is 0.614. The van der Waals surface area contributed by atoms with Gasteiger partial charge in [-0.2, -0.15) is 0 Å². The third-order valence-electron chi connectivity index (χ3n) is 3.84. The normalized spacial score (nSPS) is 24.3. The van der Waals surface area contributed by atoms with Gasteiger partial charge in [-0.25, -0.2) is 0 Å². The molecule has 0 bridgehead atoms. The minimum Gasteiger partial charge on any atom is -0.368 e. The molecule has 3 heteroatoms. The molecular formula is C15H23BrN2. The molecule has 18 heavy (non-hydrogen) atoms. The van der Waals surface area contributed by atoms with Crippen LogP contribution in [0, 0.1) is 6.92 Å². The first-order valence-electron chi connectivity index (χ1n) is 6.88. The monoisotopic (exact) mass is 310 g/mol. The van der Waals surface area contributed by atoms with Crippen LogP contribution in [0.3, 0.4) is 0 Å². The van der Waals surface area contributed by atoms with Crippen LogP contribution in [0.1, 0.15) is 32.3 Å². The summed E-state index contributed by atoms with van der Waals surface area (Å²) in [4.78, 5) is 2.55. The van der Waals surface area contributed by atoms with Crippen LogP contribution in [0.2, 0.25) is 0 Å². The molecule has 0 radical (unpaired) electrons. The largest absolute Gasteiger partial charge is 0.368 e. The third-order valence-corrected chi connectivity index (χ3v) is 4.33. The summed E-state index contributed by atoms with van der Waals surface area (Å²) in [5.41, 5.74) is 2.75. The van der Waals surface area contributed by atoms with Crippen molar-refractivity contribution in [2.24, 2.45) is 0 Å². The molecule has 1 fully saturated rings. The topological polar surface area (TPSA) is 15.3 Å². The van der Waals surface area contributed by atoms with Gasteiger partial charge in [-0.1, -0.05) is 22.9 Å². The van der Waals surface area contributed by atoms with Crippen molar-refractivity contribution in [2.75, 3.05) is 18.0 Å². The Morgan fingerprint density at radius 3 is 2.83 bits per heavy atom. The van der Waals surface area contributed by atoms with Gasteiger partial charge in [0.15, 0.2) is 0 Å². The zero-order chi connectivity index (χ0) is 13.1. The molecule has 2 rings (SSSR count). The van der Waals surface area contributed by atoms with Crippen LogP contribution < -0.4 is 10.2 Å². The van der Waals surface area contributed by atoms with Crippen molar-refractivity contribution in [2.45, 2.75) is 45.7 Å². The van der Waals surface area contributed by atoms with E-state index in [1.165, 1.54) is 28.6 Å². The van der Waals surface area contributed by atoms with Crippen LogP contribution in [0.15, 0.2) is 22.7 Å². The number of hydrogen-bond acceptors (Lipinski definition) is 2. The molecule has 1 aliphatic rings. The quantitative estimate of drug-likeness (QED) is 0.915. The van der Waals surface area contributed by atoms with E-state index in [9.17, 15) is 0 Å². The minimum absolute atomic E-state index is 0.614. The summed E-state index contributed by atoms with van der Waals surface area (Å²) in [6.07, 6.45) is 2.48. The predicted molar refractivity (Wildman–Crippen MR) is 82.4 cm³/mol. The number of anilines is 1. The summed E-state index contributed by atoms with van der Waals surface area (Å²) in [6, 6.07) is 7.90. The molecule has 100 valence electrons. The summed E-state index contributed by atoms with van der Waals surface area (Å²) < 4.78 is 1.17. The maximum Gasteiger partial charge on any atom is 0.0399 e. The van der Waals surface area contributed by atoms with Crippen LogP contribution in [0.25, 0.3) is 0 Å². The molecule has 0 amide bonds. The second kappa shape index (κ2) is 6.07. The highest BCUT2D eigenvalue weighted by molar-refractivity contribution is 9.10. The molecule has 0 spiro atoms. The number of nitrogens with zero attached hydrogens (tertiary/aromatic N) is 1. The van der Waals surface area contributed by atoms with Gasteiger partial charge in [-0.3, -0.25) is 0 Å². The molecule has 0 saturated carbocycles. The zero-order valence-electron chi connectivity index (χ0n) is 11.5. The fourth-order valence-electron chi connectivity index (χ4n) is 2.95. The number of piperidine rings is 1. The number of rotatable bonds is 3. The second-order valence-electron chi connectivity index (χ2n) is 5.25. The fourth-order valence-corrected chi connectivity index (χ4v) is 3.42. The van der Waals surface area contributed by atoms with Crippen LogP contribution >= 0.6 is 15.9 Å². The highest BCUT2D eigenvalue weighted by atomic mass is 79.9. The zero-order valence-corrected chi connectivity index (χ0v) is 13.1. The number of hydrogen-bond donors (Lipinski definition) is 1. The van der Waals surface area contributed by atoms with Gasteiger partial charge < -0.3 is 10.2 Å². The number of nitrogens with one attached hydrogen (secondary N) is 1. The lowest BCUT2D eigenvalue weighted by Gasteiger charge is -2.40. The van der Waals surface area contributed by atoms with Gasteiger partial charge in [0.05, 0.1) is 0 Å². The Kier molecular flexibility index (Phi) is 4.68. The number of aryl methyl sites for hydroxylation is 1. The van der Waals surface area contributed by atoms with Gasteiger partial charge in [0, 0.05) is 28.8 Å². The Labute approximate surface area is 119 Å². The molecule has 1 aliphatic heterocycles. The Bertz CT molecular complexity index is 405. The van der Waals surface area contributed by atoms with Crippen LogP contribution in [0.4, 0.5) is 5.69 Å². The average molecular weight is 311 g/mol. The van der Waals surface area contributed by atoms with Gasteiger partial charge in [0.1, 0.15) is 0 Å². The van der Waals surface area contributed by atoms with E-state index in [1.807, 2.05) is 0 Å². The van der Waals surface area contributed by atoms with Crippen molar-refractivity contribution in [3.8, 4) is 0 Å². The van der Waals surface area contributed by atoms with E-state index >= 15 is 0 Å². The van der Waals surface area contributed by atoms with Crippen LogP contribution in [-0.2, 0) is 0 Å². The SMILES string of the molecule is CCNC1CCN(c2ccc(Br)cc2C)C(C)C1. The molecule has 1 N–H and O–H groups in total. The first-order valence-corrected chi connectivity index (χ1v) is 7.67. The predicted octanol–water partition coefficient (Wildman–Crippen LogP) is 3.72. The third kappa shape index (κ3) is 3.07. The van der Waals surface area contributed by atoms with Gasteiger partial charge >= 0.3 is 0 Å². The Balaban J connectivity index is 2.10. The molecular weight excluding hydrogens is 288 g/mol. The van der Waals surface area contributed by atoms with E-state index in [1.54, 1.807) is 0 Å². The first-order chi connectivity index (χ1) is 8.61. The van der Waals surface area contributed by atoms with E-state index in [4.69, 9.17) is 0 Å². The van der Waals surface area contributed by atoms with E-state index in [0.717, 1.165) is 13.1 Å². The summed E-state index contributed by atoms with van der Waals surface area (Å²) in [5, 5.41) is 3.58. The Morgan fingerprint density at radius 2 is 2.22 bits per heavy atom. The van der Waals surface area contributed by atoms with E-state index in [2.05, 4.69) is 65.1 Å². The molecule has 1 saturated heterocycles. The summed E-state index contributed by atoms with van der Waals surface area (Å²) in [5.74, 6) is 0. The summed E-state index contributed by atoms with van der Waals surface area (Å²) in [6.45, 7) is 8.96. The molecule has 2 unspecified atom stereocenters. The molecule has 1 aromatic rings. The standard InChI is InChI=1S/C15H23BrN2/c1-4-17-14-7-8-18(12(3)10-14)15-6-5-13(16)9-11(15)2/h5-6,9,12,14,17H,4,7-8,10H2,1-3H3. The summed E-state index contributed by atoms with van der Waals surface area (Å²) in [7, 11) is 0. The van der Waals surface area contributed by atoms with Crippen LogP contribution in [-0.4, -0.2) is 25.2 Å². The highest BCUT2D eigenvalue weighted by Crippen LogP contribution is 2.29.